The zero-order valence-corrected chi connectivity index (χ0v) is 9.79. The lowest BCUT2D eigenvalue weighted by Gasteiger charge is -2.12. The third-order valence-electron chi connectivity index (χ3n) is 2.20. The van der Waals surface area contributed by atoms with Gasteiger partial charge in [-0.05, 0) is 19.9 Å². The largest absolute Gasteiger partial charge is 0.489 e. The summed E-state index contributed by atoms with van der Waals surface area (Å²) in [5.41, 5.74) is 0.651. The van der Waals surface area contributed by atoms with Crippen LogP contribution in [-0.2, 0) is 0 Å². The van der Waals surface area contributed by atoms with Crippen molar-refractivity contribution in [3.05, 3.63) is 42.2 Å². The summed E-state index contributed by atoms with van der Waals surface area (Å²) >= 11 is 0. The summed E-state index contributed by atoms with van der Waals surface area (Å²) in [6.07, 6.45) is 5.75. The Morgan fingerprint density at radius 1 is 1.35 bits per heavy atom. The first kappa shape index (κ1) is 11.6. The van der Waals surface area contributed by atoms with E-state index in [1.165, 1.54) is 0 Å². The van der Waals surface area contributed by atoms with Crippen LogP contribution in [0, 0.1) is 0 Å². The maximum Gasteiger partial charge on any atom is 0.139 e. The second kappa shape index (κ2) is 4.97. The zero-order chi connectivity index (χ0) is 12.3. The Labute approximate surface area is 99.5 Å². The zero-order valence-electron chi connectivity index (χ0n) is 9.79. The molecule has 0 aromatic carbocycles. The van der Waals surface area contributed by atoms with Crippen LogP contribution in [0.1, 0.15) is 31.3 Å². The number of hydrogen-bond acceptors (Lipinski definition) is 4. The molecule has 0 bridgehead atoms. The van der Waals surface area contributed by atoms with Gasteiger partial charge in [-0.2, -0.15) is 0 Å². The fourth-order valence-electron chi connectivity index (χ4n) is 1.51. The number of nitrogens with one attached hydrogen (secondary N) is 1. The molecule has 0 amide bonds. The van der Waals surface area contributed by atoms with Gasteiger partial charge in [0.15, 0.2) is 0 Å². The Hall–Kier alpha value is -1.88. The maximum absolute atomic E-state index is 10.1. The van der Waals surface area contributed by atoms with Gasteiger partial charge in [-0.3, -0.25) is 4.98 Å². The number of ether oxygens (including phenoxy) is 1. The molecular formula is C12H15N3O2. The van der Waals surface area contributed by atoms with Crippen LogP contribution < -0.4 is 4.74 Å². The molecule has 0 saturated heterocycles. The molecule has 5 nitrogen and oxygen atoms in total. The number of H-pyrrole nitrogens is 1. The number of aliphatic hydroxyl groups excluding tert-OH is 1. The maximum atomic E-state index is 10.1. The summed E-state index contributed by atoms with van der Waals surface area (Å²) in [6, 6.07) is 1.76. The highest BCUT2D eigenvalue weighted by Crippen LogP contribution is 2.22. The summed E-state index contributed by atoms with van der Waals surface area (Å²) in [4.78, 5) is 10.9. The van der Waals surface area contributed by atoms with Crippen molar-refractivity contribution < 1.29 is 9.84 Å². The number of rotatable bonds is 4. The van der Waals surface area contributed by atoms with Gasteiger partial charge < -0.3 is 14.8 Å². The van der Waals surface area contributed by atoms with E-state index in [4.69, 9.17) is 4.74 Å². The standard InChI is InChI=1S/C12H15N3O2/c1-8(2)17-10-5-9(6-13-7-10)11(16)12-14-3-4-15-12/h3-8,11,16H,1-2H3,(H,14,15). The van der Waals surface area contributed by atoms with Crippen LogP contribution in [-0.4, -0.2) is 26.2 Å². The second-order valence-electron chi connectivity index (χ2n) is 4.00. The molecule has 0 aliphatic heterocycles. The van der Waals surface area contributed by atoms with E-state index in [-0.39, 0.29) is 6.10 Å². The van der Waals surface area contributed by atoms with Crippen LogP contribution in [0.5, 0.6) is 5.75 Å². The van der Waals surface area contributed by atoms with Gasteiger partial charge in [0, 0.05) is 24.2 Å². The first-order valence-corrected chi connectivity index (χ1v) is 5.45. The van der Waals surface area contributed by atoms with E-state index < -0.39 is 6.10 Å². The van der Waals surface area contributed by atoms with Gasteiger partial charge >= 0.3 is 0 Å². The lowest BCUT2D eigenvalue weighted by Crippen LogP contribution is -2.07. The smallest absolute Gasteiger partial charge is 0.139 e. The topological polar surface area (TPSA) is 71.0 Å². The minimum atomic E-state index is -0.812. The molecule has 0 radical (unpaired) electrons. The molecule has 1 atom stereocenters. The van der Waals surface area contributed by atoms with Crippen LogP contribution in [0.25, 0.3) is 0 Å². The minimum Gasteiger partial charge on any atom is -0.489 e. The molecule has 1 unspecified atom stereocenters. The van der Waals surface area contributed by atoms with Crippen molar-refractivity contribution in [3.8, 4) is 5.75 Å². The normalized spacial score (nSPS) is 12.7. The highest BCUT2D eigenvalue weighted by molar-refractivity contribution is 5.28. The Bertz CT molecular complexity index is 468. The number of pyridine rings is 1. The molecule has 2 rings (SSSR count). The average molecular weight is 233 g/mol. The van der Waals surface area contributed by atoms with Gasteiger partial charge in [0.1, 0.15) is 17.7 Å². The van der Waals surface area contributed by atoms with Crippen molar-refractivity contribution >= 4 is 0 Å². The Morgan fingerprint density at radius 3 is 2.82 bits per heavy atom. The highest BCUT2D eigenvalue weighted by atomic mass is 16.5. The van der Waals surface area contributed by atoms with Crippen LogP contribution in [0.2, 0.25) is 0 Å². The van der Waals surface area contributed by atoms with E-state index in [0.29, 0.717) is 17.1 Å². The Kier molecular flexibility index (Phi) is 3.39. The van der Waals surface area contributed by atoms with E-state index in [0.717, 1.165) is 0 Å². The van der Waals surface area contributed by atoms with Crippen molar-refractivity contribution in [2.24, 2.45) is 0 Å². The predicted molar refractivity (Wildman–Crippen MR) is 62.7 cm³/mol. The molecule has 0 fully saturated rings. The third-order valence-corrected chi connectivity index (χ3v) is 2.20. The van der Waals surface area contributed by atoms with Crippen molar-refractivity contribution in [1.29, 1.82) is 0 Å². The lowest BCUT2D eigenvalue weighted by atomic mass is 10.1. The van der Waals surface area contributed by atoms with E-state index in [9.17, 15) is 5.11 Å². The summed E-state index contributed by atoms with van der Waals surface area (Å²) in [6.45, 7) is 3.88. The quantitative estimate of drug-likeness (QED) is 0.842. The van der Waals surface area contributed by atoms with Gasteiger partial charge in [0.2, 0.25) is 0 Å². The van der Waals surface area contributed by atoms with Gasteiger partial charge in [0.25, 0.3) is 0 Å². The first-order valence-electron chi connectivity index (χ1n) is 5.45. The van der Waals surface area contributed by atoms with Crippen LogP contribution >= 0.6 is 0 Å². The van der Waals surface area contributed by atoms with Crippen LogP contribution in [0.4, 0.5) is 0 Å². The summed E-state index contributed by atoms with van der Waals surface area (Å²) in [7, 11) is 0. The molecule has 5 heteroatoms. The molecule has 0 aliphatic rings. The Balaban J connectivity index is 2.21. The Morgan fingerprint density at radius 2 is 2.18 bits per heavy atom. The van der Waals surface area contributed by atoms with E-state index >= 15 is 0 Å². The monoisotopic (exact) mass is 233 g/mol. The number of hydrogen-bond donors (Lipinski definition) is 2. The van der Waals surface area contributed by atoms with E-state index in [1.54, 1.807) is 30.9 Å². The SMILES string of the molecule is CC(C)Oc1cncc(C(O)c2ncc[nH]2)c1. The number of aliphatic hydroxyl groups is 1. The van der Waals surface area contributed by atoms with Crippen molar-refractivity contribution in [1.82, 2.24) is 15.0 Å². The molecule has 17 heavy (non-hydrogen) atoms. The number of imidazole rings is 1. The average Bonchev–Trinajstić information content (AvgIpc) is 2.81. The van der Waals surface area contributed by atoms with Crippen molar-refractivity contribution in [2.45, 2.75) is 26.1 Å². The fraction of sp³-hybridized carbons (Fsp3) is 0.333. The molecule has 2 aromatic rings. The van der Waals surface area contributed by atoms with Gasteiger partial charge in [-0.15, -0.1) is 0 Å². The number of aromatic amines is 1. The van der Waals surface area contributed by atoms with Crippen LogP contribution in [0.3, 0.4) is 0 Å². The molecule has 2 aromatic heterocycles. The summed E-state index contributed by atoms with van der Waals surface area (Å²) < 4.78 is 5.52. The van der Waals surface area contributed by atoms with E-state index in [2.05, 4.69) is 15.0 Å². The van der Waals surface area contributed by atoms with Crippen molar-refractivity contribution in [3.63, 3.8) is 0 Å². The molecule has 0 aliphatic carbocycles. The number of nitrogens with zero attached hydrogens (tertiary/aromatic N) is 2. The number of aromatic nitrogens is 3. The van der Waals surface area contributed by atoms with E-state index in [1.807, 2.05) is 13.8 Å². The first-order chi connectivity index (χ1) is 8.16. The molecule has 0 saturated carbocycles. The van der Waals surface area contributed by atoms with Crippen molar-refractivity contribution in [2.75, 3.05) is 0 Å². The predicted octanol–water partition coefficient (Wildman–Crippen LogP) is 1.67. The molecule has 2 N–H and O–H groups in total. The summed E-state index contributed by atoms with van der Waals surface area (Å²) in [5.74, 6) is 1.14. The van der Waals surface area contributed by atoms with Crippen LogP contribution in [0.15, 0.2) is 30.9 Å². The highest BCUT2D eigenvalue weighted by Gasteiger charge is 2.14. The molecule has 2 heterocycles. The van der Waals surface area contributed by atoms with Gasteiger partial charge in [0.05, 0.1) is 12.3 Å². The third kappa shape index (κ3) is 2.82. The lowest BCUT2D eigenvalue weighted by molar-refractivity contribution is 0.207. The molecule has 90 valence electrons. The summed E-state index contributed by atoms with van der Waals surface area (Å²) in [5, 5.41) is 10.1. The fourth-order valence-corrected chi connectivity index (χ4v) is 1.51. The van der Waals surface area contributed by atoms with Gasteiger partial charge in [-0.25, -0.2) is 4.98 Å². The molecule has 0 spiro atoms. The van der Waals surface area contributed by atoms with Gasteiger partial charge in [-0.1, -0.05) is 0 Å². The molecular weight excluding hydrogens is 218 g/mol. The second-order valence-corrected chi connectivity index (χ2v) is 4.00. The minimum absolute atomic E-state index is 0.0767.